The first kappa shape index (κ1) is 22.0. The van der Waals surface area contributed by atoms with Gasteiger partial charge in [-0.1, -0.05) is 66.7 Å². The summed E-state index contributed by atoms with van der Waals surface area (Å²) in [6, 6.07) is 27.4. The summed E-state index contributed by atoms with van der Waals surface area (Å²) in [7, 11) is 1.62. The van der Waals surface area contributed by atoms with Crippen LogP contribution in [0, 0.1) is 0 Å². The quantitative estimate of drug-likeness (QED) is 0.349. The Kier molecular flexibility index (Phi) is 7.28. The Morgan fingerprint density at radius 2 is 1.70 bits per heavy atom. The van der Waals surface area contributed by atoms with Crippen LogP contribution >= 0.6 is 0 Å². The van der Waals surface area contributed by atoms with Crippen LogP contribution in [-0.2, 0) is 6.42 Å². The average Bonchev–Trinajstić information content (AvgIpc) is 2.88. The van der Waals surface area contributed by atoms with Crippen LogP contribution in [0.5, 0.6) is 5.75 Å². The lowest BCUT2D eigenvalue weighted by molar-refractivity contribution is 0.0953. The summed E-state index contributed by atoms with van der Waals surface area (Å²) < 4.78 is 5.31. The smallest absolute Gasteiger partial charge is 0.256 e. The zero-order valence-electron chi connectivity index (χ0n) is 18.5. The van der Waals surface area contributed by atoms with E-state index in [1.807, 2.05) is 72.8 Å². The second-order valence-corrected chi connectivity index (χ2v) is 7.52. The lowest BCUT2D eigenvalue weighted by Gasteiger charge is -2.13. The summed E-state index contributed by atoms with van der Waals surface area (Å²) in [4.78, 5) is 22.1. The number of carbonyl (C=O) groups is 1. The van der Waals surface area contributed by atoms with Crippen molar-refractivity contribution in [3.8, 4) is 17.1 Å². The number of ether oxygens (including phenoxy) is 1. The molecule has 4 aromatic rings. The molecule has 0 saturated heterocycles. The van der Waals surface area contributed by atoms with Gasteiger partial charge in [-0.25, -0.2) is 9.97 Å². The minimum atomic E-state index is -0.215. The molecule has 33 heavy (non-hydrogen) atoms. The lowest BCUT2D eigenvalue weighted by atomic mass is 10.1. The molecule has 0 radical (unpaired) electrons. The summed E-state index contributed by atoms with van der Waals surface area (Å²) in [5.74, 6) is 1.48. The van der Waals surface area contributed by atoms with Crippen LogP contribution in [0.3, 0.4) is 0 Å². The van der Waals surface area contributed by atoms with Gasteiger partial charge in [-0.15, -0.1) is 0 Å². The van der Waals surface area contributed by atoms with Gasteiger partial charge in [0.2, 0.25) is 0 Å². The lowest BCUT2D eigenvalue weighted by Crippen LogP contribution is -2.26. The van der Waals surface area contributed by atoms with Crippen molar-refractivity contribution in [2.75, 3.05) is 19.0 Å². The Morgan fingerprint density at radius 3 is 2.45 bits per heavy atom. The first-order valence-corrected chi connectivity index (χ1v) is 10.9. The second kappa shape index (κ2) is 10.9. The molecule has 0 atom stereocenters. The molecule has 2 N–H and O–H groups in total. The number of benzene rings is 3. The number of hydrogen-bond acceptors (Lipinski definition) is 5. The molecule has 0 aliphatic carbocycles. The summed E-state index contributed by atoms with van der Waals surface area (Å²) >= 11 is 0. The Hall–Kier alpha value is -4.19. The Morgan fingerprint density at radius 1 is 0.939 bits per heavy atom. The number of nitrogens with one attached hydrogen (secondary N) is 2. The molecule has 0 unspecified atom stereocenters. The van der Waals surface area contributed by atoms with Gasteiger partial charge in [0.1, 0.15) is 17.1 Å². The van der Waals surface area contributed by atoms with Crippen LogP contribution in [0.4, 0.5) is 11.5 Å². The van der Waals surface area contributed by atoms with Crippen molar-refractivity contribution in [1.29, 1.82) is 0 Å². The van der Waals surface area contributed by atoms with Gasteiger partial charge in [0, 0.05) is 30.1 Å². The van der Waals surface area contributed by atoms with Gasteiger partial charge >= 0.3 is 0 Å². The number of aromatic nitrogens is 2. The van der Waals surface area contributed by atoms with Crippen LogP contribution in [0.15, 0.2) is 91.1 Å². The van der Waals surface area contributed by atoms with Crippen molar-refractivity contribution in [3.63, 3.8) is 0 Å². The number of carbonyl (C=O) groups excluding carboxylic acids is 1. The molecule has 1 amide bonds. The SMILES string of the molecule is COc1cccc(Nc2nc(-c3ccccc3)ncc2C(=O)NCCCc2ccccc2)c1. The highest BCUT2D eigenvalue weighted by atomic mass is 16.5. The fraction of sp³-hybridized carbons (Fsp3) is 0.148. The molecule has 4 rings (SSSR count). The highest BCUT2D eigenvalue weighted by Crippen LogP contribution is 2.25. The van der Waals surface area contributed by atoms with Gasteiger partial charge < -0.3 is 15.4 Å². The summed E-state index contributed by atoms with van der Waals surface area (Å²) in [6.45, 7) is 0.562. The summed E-state index contributed by atoms with van der Waals surface area (Å²) in [6.07, 6.45) is 3.32. The van der Waals surface area contributed by atoms with Gasteiger partial charge in [-0.3, -0.25) is 4.79 Å². The molecular weight excluding hydrogens is 412 g/mol. The van der Waals surface area contributed by atoms with E-state index in [-0.39, 0.29) is 5.91 Å². The fourth-order valence-corrected chi connectivity index (χ4v) is 3.44. The summed E-state index contributed by atoms with van der Waals surface area (Å²) in [5, 5.41) is 6.26. The maximum Gasteiger partial charge on any atom is 0.256 e. The number of hydrogen-bond donors (Lipinski definition) is 2. The van der Waals surface area contributed by atoms with Gasteiger partial charge in [0.25, 0.3) is 5.91 Å². The van der Waals surface area contributed by atoms with E-state index in [1.54, 1.807) is 13.3 Å². The number of nitrogens with zero attached hydrogens (tertiary/aromatic N) is 2. The third-order valence-electron chi connectivity index (χ3n) is 5.17. The van der Waals surface area contributed by atoms with Crippen LogP contribution in [0.2, 0.25) is 0 Å². The van der Waals surface area contributed by atoms with E-state index in [1.165, 1.54) is 5.56 Å². The van der Waals surface area contributed by atoms with Crippen molar-refractivity contribution in [3.05, 3.63) is 102 Å². The van der Waals surface area contributed by atoms with Crippen molar-refractivity contribution in [2.24, 2.45) is 0 Å². The number of methoxy groups -OCH3 is 1. The van der Waals surface area contributed by atoms with Gasteiger partial charge in [-0.2, -0.15) is 0 Å². The molecule has 0 bridgehead atoms. The van der Waals surface area contributed by atoms with E-state index < -0.39 is 0 Å². The number of aryl methyl sites for hydroxylation is 1. The zero-order valence-corrected chi connectivity index (χ0v) is 18.5. The molecule has 0 fully saturated rings. The zero-order chi connectivity index (χ0) is 22.9. The molecule has 1 heterocycles. The van der Waals surface area contributed by atoms with E-state index in [0.717, 1.165) is 24.1 Å². The molecule has 0 saturated carbocycles. The average molecular weight is 439 g/mol. The van der Waals surface area contributed by atoms with Crippen molar-refractivity contribution < 1.29 is 9.53 Å². The normalized spacial score (nSPS) is 10.5. The molecular formula is C27H26N4O2. The molecule has 6 nitrogen and oxygen atoms in total. The number of anilines is 2. The van der Waals surface area contributed by atoms with Crippen LogP contribution in [0.25, 0.3) is 11.4 Å². The van der Waals surface area contributed by atoms with E-state index in [0.29, 0.717) is 29.5 Å². The first-order valence-electron chi connectivity index (χ1n) is 10.9. The van der Waals surface area contributed by atoms with Crippen LogP contribution < -0.4 is 15.4 Å². The Balaban J connectivity index is 1.53. The van der Waals surface area contributed by atoms with Gasteiger partial charge in [-0.05, 0) is 30.5 Å². The molecule has 3 aromatic carbocycles. The molecule has 166 valence electrons. The molecule has 0 aliphatic rings. The predicted molar refractivity (Wildman–Crippen MR) is 131 cm³/mol. The predicted octanol–water partition coefficient (Wildman–Crippen LogP) is 5.26. The maximum atomic E-state index is 13.0. The monoisotopic (exact) mass is 438 g/mol. The van der Waals surface area contributed by atoms with Gasteiger partial charge in [0.05, 0.1) is 7.11 Å². The molecule has 0 spiro atoms. The molecule has 0 aliphatic heterocycles. The first-order chi connectivity index (χ1) is 16.2. The third-order valence-corrected chi connectivity index (χ3v) is 5.17. The van der Waals surface area contributed by atoms with Crippen molar-refractivity contribution in [2.45, 2.75) is 12.8 Å². The summed E-state index contributed by atoms with van der Waals surface area (Å²) in [5.41, 5.74) is 3.28. The van der Waals surface area contributed by atoms with E-state index in [4.69, 9.17) is 4.74 Å². The maximum absolute atomic E-state index is 13.0. The largest absolute Gasteiger partial charge is 0.497 e. The van der Waals surface area contributed by atoms with Gasteiger partial charge in [0.15, 0.2) is 5.82 Å². The standard InChI is InChI=1S/C27H26N4O2/c1-33-23-16-8-15-22(18-23)30-26-24(19-29-25(31-26)21-13-6-3-7-14-21)27(32)28-17-9-12-20-10-4-2-5-11-20/h2-8,10-11,13-16,18-19H,9,12,17H2,1H3,(H,28,32)(H,29,30,31). The van der Waals surface area contributed by atoms with E-state index in [2.05, 4.69) is 32.7 Å². The Bertz CT molecular complexity index is 1200. The third kappa shape index (κ3) is 5.95. The number of rotatable bonds is 9. The second-order valence-electron chi connectivity index (χ2n) is 7.52. The van der Waals surface area contributed by atoms with Crippen LogP contribution in [0.1, 0.15) is 22.3 Å². The number of amides is 1. The minimum Gasteiger partial charge on any atom is -0.497 e. The van der Waals surface area contributed by atoms with Crippen molar-refractivity contribution >= 4 is 17.4 Å². The van der Waals surface area contributed by atoms with E-state index in [9.17, 15) is 4.79 Å². The highest BCUT2D eigenvalue weighted by molar-refractivity contribution is 5.99. The molecule has 6 heteroatoms. The molecule has 1 aromatic heterocycles. The fourth-order valence-electron chi connectivity index (χ4n) is 3.44. The highest BCUT2D eigenvalue weighted by Gasteiger charge is 2.16. The van der Waals surface area contributed by atoms with Crippen LogP contribution in [-0.4, -0.2) is 29.5 Å². The van der Waals surface area contributed by atoms with Crippen molar-refractivity contribution in [1.82, 2.24) is 15.3 Å². The van der Waals surface area contributed by atoms with E-state index >= 15 is 0 Å². The Labute approximate surface area is 193 Å². The minimum absolute atomic E-state index is 0.215. The topological polar surface area (TPSA) is 76.1 Å².